The monoisotopic (exact) mass is 169 g/mol. The molecule has 0 amide bonds. The maximum absolute atomic E-state index is 11.2. The van der Waals surface area contributed by atoms with Crippen molar-refractivity contribution in [3.05, 3.63) is 20.2 Å². The van der Waals surface area contributed by atoms with Crippen LogP contribution in [0.5, 0.6) is 0 Å². The molecule has 0 unspecified atom stereocenters. The lowest BCUT2D eigenvalue weighted by Gasteiger charge is -2.10. The molecule has 11 heavy (non-hydrogen) atoms. The first-order valence-corrected chi connectivity index (χ1v) is 4.78. The van der Waals surface area contributed by atoms with Crippen molar-refractivity contribution in [2.45, 2.75) is 25.7 Å². The van der Waals surface area contributed by atoms with Gasteiger partial charge in [0, 0.05) is 17.6 Å². The zero-order chi connectivity index (χ0) is 7.84. The average molecular weight is 169 g/mol. The van der Waals surface area contributed by atoms with E-state index in [1.54, 1.807) is 4.57 Å². The highest BCUT2D eigenvalue weighted by Crippen LogP contribution is 2.22. The fraction of sp³-hybridized carbons (Fsp3) is 0.625. The van der Waals surface area contributed by atoms with Gasteiger partial charge in [0.15, 0.2) is 0 Å². The van der Waals surface area contributed by atoms with Crippen LogP contribution >= 0.6 is 11.3 Å². The number of rotatable bonds is 0. The van der Waals surface area contributed by atoms with Crippen LogP contribution in [0.25, 0.3) is 0 Å². The highest BCUT2D eigenvalue weighted by molar-refractivity contribution is 7.09. The first-order valence-electron chi connectivity index (χ1n) is 3.96. The summed E-state index contributed by atoms with van der Waals surface area (Å²) in [6.07, 6.45) is 4.73. The summed E-state index contributed by atoms with van der Waals surface area (Å²) in [5, 5.41) is 0. The number of hydrogen-bond acceptors (Lipinski definition) is 2. The van der Waals surface area contributed by atoms with Gasteiger partial charge in [0.1, 0.15) is 0 Å². The van der Waals surface area contributed by atoms with E-state index < -0.39 is 0 Å². The van der Waals surface area contributed by atoms with E-state index in [0.29, 0.717) is 0 Å². The highest BCUT2D eigenvalue weighted by atomic mass is 32.1. The molecule has 0 saturated carbocycles. The summed E-state index contributed by atoms with van der Waals surface area (Å²) in [4.78, 5) is 12.7. The molecule has 0 bridgehead atoms. The number of aromatic nitrogens is 1. The minimum absolute atomic E-state index is 0.205. The number of hydrogen-bond donors (Lipinski definition) is 0. The van der Waals surface area contributed by atoms with Crippen molar-refractivity contribution < 1.29 is 0 Å². The summed E-state index contributed by atoms with van der Waals surface area (Å²) in [7, 11) is 1.88. The van der Waals surface area contributed by atoms with E-state index in [1.807, 2.05) is 7.05 Å². The quantitative estimate of drug-likeness (QED) is 0.574. The Morgan fingerprint density at radius 2 is 2.09 bits per heavy atom. The molecule has 1 aliphatic carbocycles. The van der Waals surface area contributed by atoms with Gasteiger partial charge in [-0.05, 0) is 25.7 Å². The van der Waals surface area contributed by atoms with Crippen molar-refractivity contribution in [1.29, 1.82) is 0 Å². The molecule has 60 valence electrons. The van der Waals surface area contributed by atoms with Gasteiger partial charge in [0.25, 0.3) is 0 Å². The van der Waals surface area contributed by atoms with Crippen LogP contribution in [0, 0.1) is 0 Å². The first kappa shape index (κ1) is 7.10. The lowest BCUT2D eigenvalue weighted by molar-refractivity contribution is 0.646. The van der Waals surface area contributed by atoms with Crippen LogP contribution in [0.3, 0.4) is 0 Å². The molecule has 0 aliphatic heterocycles. The van der Waals surface area contributed by atoms with E-state index in [1.165, 1.54) is 34.7 Å². The Labute approximate surface area is 69.5 Å². The van der Waals surface area contributed by atoms with Crippen molar-refractivity contribution >= 4 is 11.3 Å². The number of aryl methyl sites for hydroxylation is 1. The number of fused-ring (bicyclic) bond motifs is 1. The highest BCUT2D eigenvalue weighted by Gasteiger charge is 2.15. The molecule has 0 spiro atoms. The Bertz CT molecular complexity index is 323. The number of thiazole rings is 1. The van der Waals surface area contributed by atoms with Crippen LogP contribution in [0.4, 0.5) is 0 Å². The maximum Gasteiger partial charge on any atom is 0.307 e. The molecule has 1 aromatic heterocycles. The van der Waals surface area contributed by atoms with E-state index in [0.717, 1.165) is 12.8 Å². The minimum Gasteiger partial charge on any atom is -0.306 e. The van der Waals surface area contributed by atoms with Crippen molar-refractivity contribution in [2.24, 2.45) is 7.05 Å². The van der Waals surface area contributed by atoms with Crippen LogP contribution in [0.1, 0.15) is 23.4 Å². The first-order chi connectivity index (χ1) is 5.29. The van der Waals surface area contributed by atoms with Crippen molar-refractivity contribution in [2.75, 3.05) is 0 Å². The molecular weight excluding hydrogens is 158 g/mol. The molecule has 1 heterocycles. The summed E-state index contributed by atoms with van der Waals surface area (Å²) in [5.74, 6) is 0. The Morgan fingerprint density at radius 1 is 1.36 bits per heavy atom. The van der Waals surface area contributed by atoms with Crippen LogP contribution in [-0.2, 0) is 19.9 Å². The SMILES string of the molecule is Cn1c2c(sc1=O)CCCC2. The van der Waals surface area contributed by atoms with Gasteiger partial charge in [-0.3, -0.25) is 4.79 Å². The van der Waals surface area contributed by atoms with Gasteiger partial charge >= 0.3 is 4.87 Å². The smallest absolute Gasteiger partial charge is 0.306 e. The molecule has 0 saturated heterocycles. The summed E-state index contributed by atoms with van der Waals surface area (Å²) >= 11 is 1.42. The summed E-state index contributed by atoms with van der Waals surface area (Å²) in [5.41, 5.74) is 1.28. The van der Waals surface area contributed by atoms with Crippen molar-refractivity contribution in [3.63, 3.8) is 0 Å². The third-order valence-corrected chi connectivity index (χ3v) is 3.41. The molecule has 1 aliphatic rings. The Hall–Kier alpha value is -0.570. The van der Waals surface area contributed by atoms with Crippen LogP contribution in [0.15, 0.2) is 4.79 Å². The topological polar surface area (TPSA) is 22.0 Å². The van der Waals surface area contributed by atoms with E-state index in [4.69, 9.17) is 0 Å². The van der Waals surface area contributed by atoms with Crippen molar-refractivity contribution in [3.8, 4) is 0 Å². The number of nitrogens with zero attached hydrogens (tertiary/aromatic N) is 1. The van der Waals surface area contributed by atoms with Gasteiger partial charge in [-0.25, -0.2) is 0 Å². The molecule has 0 atom stereocenters. The zero-order valence-corrected chi connectivity index (χ0v) is 7.41. The van der Waals surface area contributed by atoms with E-state index >= 15 is 0 Å². The van der Waals surface area contributed by atoms with Gasteiger partial charge in [-0.2, -0.15) is 0 Å². The average Bonchev–Trinajstić information content (AvgIpc) is 2.30. The van der Waals surface area contributed by atoms with Gasteiger partial charge < -0.3 is 4.57 Å². The van der Waals surface area contributed by atoms with E-state index in [9.17, 15) is 4.79 Å². The van der Waals surface area contributed by atoms with E-state index in [2.05, 4.69) is 0 Å². The van der Waals surface area contributed by atoms with Gasteiger partial charge in [-0.1, -0.05) is 11.3 Å². The second kappa shape index (κ2) is 2.48. The molecule has 2 nitrogen and oxygen atoms in total. The normalized spacial score (nSPS) is 16.5. The van der Waals surface area contributed by atoms with Gasteiger partial charge in [0.2, 0.25) is 0 Å². The fourth-order valence-corrected chi connectivity index (χ4v) is 2.67. The zero-order valence-electron chi connectivity index (χ0n) is 6.59. The van der Waals surface area contributed by atoms with Gasteiger partial charge in [-0.15, -0.1) is 0 Å². The maximum atomic E-state index is 11.2. The predicted molar refractivity (Wildman–Crippen MR) is 46.2 cm³/mol. The third kappa shape index (κ3) is 1.03. The summed E-state index contributed by atoms with van der Waals surface area (Å²) in [6.45, 7) is 0. The van der Waals surface area contributed by atoms with Crippen LogP contribution < -0.4 is 4.87 Å². The molecule has 3 heteroatoms. The second-order valence-corrected chi connectivity index (χ2v) is 4.05. The standard InChI is InChI=1S/C8H11NOS/c1-9-6-4-2-3-5-7(6)11-8(9)10/h2-5H2,1H3. The molecule has 0 N–H and O–H groups in total. The molecular formula is C8H11NOS. The second-order valence-electron chi connectivity index (χ2n) is 3.00. The van der Waals surface area contributed by atoms with Gasteiger partial charge in [0.05, 0.1) is 0 Å². The van der Waals surface area contributed by atoms with Crippen molar-refractivity contribution in [1.82, 2.24) is 4.57 Å². The Balaban J connectivity index is 2.59. The summed E-state index contributed by atoms with van der Waals surface area (Å²) < 4.78 is 1.80. The lowest BCUT2D eigenvalue weighted by Crippen LogP contribution is -2.12. The lowest BCUT2D eigenvalue weighted by atomic mass is 10.0. The largest absolute Gasteiger partial charge is 0.307 e. The summed E-state index contributed by atoms with van der Waals surface area (Å²) in [6, 6.07) is 0. The molecule has 0 fully saturated rings. The van der Waals surface area contributed by atoms with Crippen LogP contribution in [-0.4, -0.2) is 4.57 Å². The predicted octanol–water partition coefficient (Wildman–Crippen LogP) is 1.33. The minimum atomic E-state index is 0.205. The Morgan fingerprint density at radius 3 is 2.82 bits per heavy atom. The third-order valence-electron chi connectivity index (χ3n) is 2.28. The molecule has 1 aromatic rings. The Kier molecular flexibility index (Phi) is 1.60. The van der Waals surface area contributed by atoms with Crippen LogP contribution in [0.2, 0.25) is 0 Å². The van der Waals surface area contributed by atoms with E-state index in [-0.39, 0.29) is 4.87 Å². The molecule has 0 aromatic carbocycles. The molecule has 2 rings (SSSR count). The fourth-order valence-electron chi connectivity index (χ4n) is 1.61. The molecule has 0 radical (unpaired) electrons.